The predicted molar refractivity (Wildman–Crippen MR) is 79.7 cm³/mol. The van der Waals surface area contributed by atoms with Gasteiger partial charge in [-0.2, -0.15) is 0 Å². The first-order valence-corrected chi connectivity index (χ1v) is 7.26. The number of anilines is 1. The minimum absolute atomic E-state index is 0.497. The van der Waals surface area contributed by atoms with Gasteiger partial charge in [0.1, 0.15) is 0 Å². The van der Waals surface area contributed by atoms with Gasteiger partial charge in [-0.1, -0.05) is 37.1 Å². The smallest absolute Gasteiger partial charge is 0.0642 e. The maximum atomic E-state index is 6.39. The van der Waals surface area contributed by atoms with Crippen molar-refractivity contribution in [2.24, 2.45) is 0 Å². The van der Waals surface area contributed by atoms with Gasteiger partial charge in [0.2, 0.25) is 0 Å². The molecule has 0 bridgehead atoms. The summed E-state index contributed by atoms with van der Waals surface area (Å²) >= 11 is 6.39. The van der Waals surface area contributed by atoms with Crippen molar-refractivity contribution in [3.8, 4) is 0 Å². The SMILES string of the molecule is CCCC1CN(c2c(C)cccc2Cl)C(C)CN1. The lowest BCUT2D eigenvalue weighted by Crippen LogP contribution is -2.55. The third-order valence-electron chi connectivity index (χ3n) is 3.76. The summed E-state index contributed by atoms with van der Waals surface area (Å²) in [4.78, 5) is 2.47. The summed E-state index contributed by atoms with van der Waals surface area (Å²) in [6.07, 6.45) is 2.45. The highest BCUT2D eigenvalue weighted by molar-refractivity contribution is 6.33. The summed E-state index contributed by atoms with van der Waals surface area (Å²) < 4.78 is 0. The minimum atomic E-state index is 0.497. The Balaban J connectivity index is 2.24. The zero-order valence-electron chi connectivity index (χ0n) is 11.5. The molecular formula is C15H23ClN2. The van der Waals surface area contributed by atoms with E-state index in [1.54, 1.807) is 0 Å². The maximum Gasteiger partial charge on any atom is 0.0642 e. The molecule has 2 nitrogen and oxygen atoms in total. The lowest BCUT2D eigenvalue weighted by atomic mass is 10.0. The molecule has 2 atom stereocenters. The largest absolute Gasteiger partial charge is 0.365 e. The third-order valence-corrected chi connectivity index (χ3v) is 4.07. The molecule has 18 heavy (non-hydrogen) atoms. The molecule has 1 heterocycles. The van der Waals surface area contributed by atoms with E-state index in [0.717, 1.165) is 18.1 Å². The topological polar surface area (TPSA) is 15.3 Å². The highest BCUT2D eigenvalue weighted by Gasteiger charge is 2.26. The first-order chi connectivity index (χ1) is 8.63. The quantitative estimate of drug-likeness (QED) is 0.899. The van der Waals surface area contributed by atoms with Gasteiger partial charge in [-0.15, -0.1) is 0 Å². The molecule has 0 radical (unpaired) electrons. The molecule has 100 valence electrons. The van der Waals surface area contributed by atoms with Gasteiger partial charge in [-0.25, -0.2) is 0 Å². The Morgan fingerprint density at radius 3 is 2.89 bits per heavy atom. The van der Waals surface area contributed by atoms with E-state index in [1.165, 1.54) is 24.1 Å². The van der Waals surface area contributed by atoms with Crippen LogP contribution >= 0.6 is 11.6 Å². The number of halogens is 1. The number of para-hydroxylation sites is 1. The molecule has 1 aromatic carbocycles. The number of hydrogen-bond acceptors (Lipinski definition) is 2. The third kappa shape index (κ3) is 2.81. The van der Waals surface area contributed by atoms with E-state index in [9.17, 15) is 0 Å². The summed E-state index contributed by atoms with van der Waals surface area (Å²) in [7, 11) is 0. The van der Waals surface area contributed by atoms with Gasteiger partial charge in [0, 0.05) is 25.2 Å². The second kappa shape index (κ2) is 5.94. The van der Waals surface area contributed by atoms with Crippen molar-refractivity contribution < 1.29 is 0 Å². The monoisotopic (exact) mass is 266 g/mol. The molecule has 3 heteroatoms. The van der Waals surface area contributed by atoms with Crippen molar-refractivity contribution in [3.05, 3.63) is 28.8 Å². The van der Waals surface area contributed by atoms with Gasteiger partial charge in [0.05, 0.1) is 10.7 Å². The lowest BCUT2D eigenvalue weighted by Gasteiger charge is -2.41. The van der Waals surface area contributed by atoms with Crippen LogP contribution in [0.25, 0.3) is 0 Å². The number of hydrogen-bond donors (Lipinski definition) is 1. The van der Waals surface area contributed by atoms with Crippen molar-refractivity contribution in [1.29, 1.82) is 0 Å². The Labute approximate surface area is 115 Å². The molecule has 0 amide bonds. The zero-order chi connectivity index (χ0) is 13.1. The standard InChI is InChI=1S/C15H23ClN2/c1-4-6-13-10-18(12(3)9-17-13)15-11(2)7-5-8-14(15)16/h5,7-8,12-13,17H,4,6,9-10H2,1-3H3. The Bertz CT molecular complexity index is 385. The van der Waals surface area contributed by atoms with Crippen molar-refractivity contribution in [2.45, 2.75) is 45.7 Å². The Hall–Kier alpha value is -0.730. The van der Waals surface area contributed by atoms with Gasteiger partial charge in [-0.3, -0.25) is 0 Å². The molecule has 1 N–H and O–H groups in total. The van der Waals surface area contributed by atoms with Crippen LogP contribution in [-0.4, -0.2) is 25.2 Å². The highest BCUT2D eigenvalue weighted by atomic mass is 35.5. The Kier molecular flexibility index (Phi) is 4.52. The fraction of sp³-hybridized carbons (Fsp3) is 0.600. The molecule has 2 unspecified atom stereocenters. The van der Waals surface area contributed by atoms with Crippen molar-refractivity contribution in [2.75, 3.05) is 18.0 Å². The molecule has 2 rings (SSSR count). The molecule has 1 saturated heterocycles. The summed E-state index contributed by atoms with van der Waals surface area (Å²) in [5, 5.41) is 4.50. The number of benzene rings is 1. The first kappa shape index (κ1) is 13.7. The molecule has 0 saturated carbocycles. The average Bonchev–Trinajstić information content (AvgIpc) is 2.33. The number of nitrogens with zero attached hydrogens (tertiary/aromatic N) is 1. The molecule has 0 aromatic heterocycles. The predicted octanol–water partition coefficient (Wildman–Crippen LogP) is 3.62. The number of nitrogens with one attached hydrogen (secondary N) is 1. The van der Waals surface area contributed by atoms with E-state index in [1.807, 2.05) is 12.1 Å². The van der Waals surface area contributed by atoms with Gasteiger partial charge < -0.3 is 10.2 Å². The Morgan fingerprint density at radius 1 is 1.44 bits per heavy atom. The van der Waals surface area contributed by atoms with Gasteiger partial charge >= 0.3 is 0 Å². The van der Waals surface area contributed by atoms with Crippen LogP contribution in [0.5, 0.6) is 0 Å². The van der Waals surface area contributed by atoms with Crippen molar-refractivity contribution >= 4 is 17.3 Å². The van der Waals surface area contributed by atoms with Crippen LogP contribution in [0, 0.1) is 6.92 Å². The van der Waals surface area contributed by atoms with Crippen molar-refractivity contribution in [3.63, 3.8) is 0 Å². The average molecular weight is 267 g/mol. The molecule has 1 aromatic rings. The fourth-order valence-electron chi connectivity index (χ4n) is 2.77. The van der Waals surface area contributed by atoms with Gasteiger partial charge in [0.25, 0.3) is 0 Å². The number of rotatable bonds is 3. The molecule has 1 fully saturated rings. The number of piperazine rings is 1. The second-order valence-electron chi connectivity index (χ2n) is 5.30. The lowest BCUT2D eigenvalue weighted by molar-refractivity contribution is 0.386. The van der Waals surface area contributed by atoms with Crippen LogP contribution < -0.4 is 10.2 Å². The van der Waals surface area contributed by atoms with E-state index in [2.05, 4.69) is 37.1 Å². The summed E-state index contributed by atoms with van der Waals surface area (Å²) in [6.45, 7) is 8.74. The second-order valence-corrected chi connectivity index (χ2v) is 5.71. The van der Waals surface area contributed by atoms with E-state index in [4.69, 9.17) is 11.6 Å². The van der Waals surface area contributed by atoms with Crippen LogP contribution in [0.1, 0.15) is 32.3 Å². The normalized spacial score (nSPS) is 24.3. The Morgan fingerprint density at radius 2 is 2.22 bits per heavy atom. The number of aryl methyl sites for hydroxylation is 1. The van der Waals surface area contributed by atoms with Crippen molar-refractivity contribution in [1.82, 2.24) is 5.32 Å². The summed E-state index contributed by atoms with van der Waals surface area (Å²) in [6, 6.07) is 7.24. The van der Waals surface area contributed by atoms with Gasteiger partial charge in [-0.05, 0) is 31.9 Å². The zero-order valence-corrected chi connectivity index (χ0v) is 12.3. The van der Waals surface area contributed by atoms with Crippen LogP contribution in [-0.2, 0) is 0 Å². The summed E-state index contributed by atoms with van der Waals surface area (Å²) in [5.41, 5.74) is 2.49. The fourth-order valence-corrected chi connectivity index (χ4v) is 3.10. The molecule has 0 spiro atoms. The molecular weight excluding hydrogens is 244 g/mol. The summed E-state index contributed by atoms with van der Waals surface area (Å²) in [5.74, 6) is 0. The van der Waals surface area contributed by atoms with Crippen LogP contribution in [0.4, 0.5) is 5.69 Å². The van der Waals surface area contributed by atoms with Crippen LogP contribution in [0.3, 0.4) is 0 Å². The van der Waals surface area contributed by atoms with E-state index in [0.29, 0.717) is 12.1 Å². The van der Waals surface area contributed by atoms with Crippen LogP contribution in [0.2, 0.25) is 5.02 Å². The van der Waals surface area contributed by atoms with Crippen LogP contribution in [0.15, 0.2) is 18.2 Å². The van der Waals surface area contributed by atoms with Gasteiger partial charge in [0.15, 0.2) is 0 Å². The molecule has 1 aliphatic rings. The van der Waals surface area contributed by atoms with E-state index < -0.39 is 0 Å². The molecule has 1 aliphatic heterocycles. The molecule has 0 aliphatic carbocycles. The van der Waals surface area contributed by atoms with E-state index >= 15 is 0 Å². The maximum absolute atomic E-state index is 6.39. The highest BCUT2D eigenvalue weighted by Crippen LogP contribution is 2.32. The first-order valence-electron chi connectivity index (χ1n) is 6.88. The van der Waals surface area contributed by atoms with E-state index in [-0.39, 0.29) is 0 Å². The minimum Gasteiger partial charge on any atom is -0.365 e.